The van der Waals surface area contributed by atoms with Crippen LogP contribution in [-0.4, -0.2) is 19.6 Å². The summed E-state index contributed by atoms with van der Waals surface area (Å²) in [4.78, 5) is 27.3. The topological polar surface area (TPSA) is 117 Å². The first-order chi connectivity index (χ1) is 11.6. The lowest BCUT2D eigenvalue weighted by Crippen LogP contribution is -2.15. The molecule has 0 aliphatic carbocycles. The molecule has 10 heteroatoms. The maximum atomic E-state index is 12.0. The summed E-state index contributed by atoms with van der Waals surface area (Å²) >= 11 is 1.46. The van der Waals surface area contributed by atoms with Crippen LogP contribution in [0.5, 0.6) is 0 Å². The maximum Gasteiger partial charge on any atom is 0.420 e. The minimum absolute atomic E-state index is 0.0402. The molecule has 3 aromatic heterocycles. The predicted octanol–water partition coefficient (Wildman–Crippen LogP) is 2.66. The molecular weight excluding hydrogens is 336 g/mol. The van der Waals surface area contributed by atoms with Gasteiger partial charge in [-0.2, -0.15) is 4.98 Å². The second kappa shape index (κ2) is 5.42. The van der Waals surface area contributed by atoms with Gasteiger partial charge >= 0.3 is 5.76 Å². The molecule has 0 radical (unpaired) electrons. The molecule has 0 atom stereocenters. The van der Waals surface area contributed by atoms with Gasteiger partial charge in [0, 0.05) is 6.07 Å². The highest BCUT2D eigenvalue weighted by Crippen LogP contribution is 2.23. The van der Waals surface area contributed by atoms with Crippen LogP contribution in [0.1, 0.15) is 5.82 Å². The van der Waals surface area contributed by atoms with Crippen molar-refractivity contribution in [2.45, 2.75) is 6.54 Å². The van der Waals surface area contributed by atoms with Crippen molar-refractivity contribution in [3.63, 3.8) is 0 Å². The third-order valence-electron chi connectivity index (χ3n) is 3.36. The average Bonchev–Trinajstić information content (AvgIpc) is 3.28. The Labute approximate surface area is 136 Å². The van der Waals surface area contributed by atoms with E-state index in [2.05, 4.69) is 10.1 Å². The second-order valence-electron chi connectivity index (χ2n) is 4.86. The Morgan fingerprint density at radius 2 is 2.21 bits per heavy atom. The highest BCUT2D eigenvalue weighted by atomic mass is 32.1. The van der Waals surface area contributed by atoms with Crippen LogP contribution in [0.2, 0.25) is 0 Å². The molecule has 0 saturated heterocycles. The summed E-state index contributed by atoms with van der Waals surface area (Å²) in [7, 11) is 0. The lowest BCUT2D eigenvalue weighted by atomic mass is 10.3. The van der Waals surface area contributed by atoms with E-state index in [0.29, 0.717) is 17.2 Å². The van der Waals surface area contributed by atoms with E-state index in [9.17, 15) is 14.9 Å². The van der Waals surface area contributed by atoms with E-state index in [0.717, 1.165) is 4.88 Å². The highest BCUT2D eigenvalue weighted by molar-refractivity contribution is 7.13. The van der Waals surface area contributed by atoms with Crippen LogP contribution >= 0.6 is 11.3 Å². The molecular formula is C14H8N4O5S. The van der Waals surface area contributed by atoms with Gasteiger partial charge in [0.2, 0.25) is 0 Å². The van der Waals surface area contributed by atoms with Crippen molar-refractivity contribution in [3.8, 4) is 10.8 Å². The quantitative estimate of drug-likeness (QED) is 0.412. The van der Waals surface area contributed by atoms with E-state index < -0.39 is 10.7 Å². The van der Waals surface area contributed by atoms with Crippen LogP contribution in [-0.2, 0) is 6.54 Å². The van der Waals surface area contributed by atoms with Gasteiger partial charge in [-0.1, -0.05) is 11.2 Å². The minimum Gasteiger partial charge on any atom is -0.407 e. The standard InChI is InChI=1S/C14H8N4O5S/c19-14-17(9-4-3-8(18(20)21)6-10(9)22-14)7-12-15-13(23-16-12)11-2-1-5-24-11/h1-6H,7H2. The number of oxazole rings is 1. The lowest BCUT2D eigenvalue weighted by molar-refractivity contribution is -0.384. The summed E-state index contributed by atoms with van der Waals surface area (Å²) in [6.45, 7) is 0.0402. The molecule has 0 unspecified atom stereocenters. The fraction of sp³-hybridized carbons (Fsp3) is 0.0714. The first kappa shape index (κ1) is 14.3. The van der Waals surface area contributed by atoms with Crippen LogP contribution in [0.3, 0.4) is 0 Å². The Morgan fingerprint density at radius 1 is 1.33 bits per heavy atom. The van der Waals surface area contributed by atoms with Gasteiger partial charge in [-0.15, -0.1) is 11.3 Å². The van der Waals surface area contributed by atoms with Crippen molar-refractivity contribution in [2.24, 2.45) is 0 Å². The van der Waals surface area contributed by atoms with Gasteiger partial charge in [-0.3, -0.25) is 14.7 Å². The Hall–Kier alpha value is -3.27. The molecule has 0 N–H and O–H groups in total. The van der Waals surface area contributed by atoms with Crippen molar-refractivity contribution < 1.29 is 13.9 Å². The number of hydrogen-bond acceptors (Lipinski definition) is 8. The lowest BCUT2D eigenvalue weighted by Gasteiger charge is -1.97. The summed E-state index contributed by atoms with van der Waals surface area (Å²) in [6, 6.07) is 7.69. The molecule has 0 aliphatic rings. The van der Waals surface area contributed by atoms with E-state index in [-0.39, 0.29) is 17.8 Å². The fourth-order valence-corrected chi connectivity index (χ4v) is 2.92. The summed E-state index contributed by atoms with van der Waals surface area (Å²) in [5.41, 5.74) is 0.409. The molecule has 3 heterocycles. The highest BCUT2D eigenvalue weighted by Gasteiger charge is 2.17. The molecule has 0 saturated carbocycles. The predicted molar refractivity (Wildman–Crippen MR) is 83.8 cm³/mol. The van der Waals surface area contributed by atoms with Crippen LogP contribution in [0, 0.1) is 10.1 Å². The zero-order valence-corrected chi connectivity index (χ0v) is 12.7. The molecule has 4 aromatic rings. The fourth-order valence-electron chi connectivity index (χ4n) is 2.28. The monoisotopic (exact) mass is 344 g/mol. The average molecular weight is 344 g/mol. The maximum absolute atomic E-state index is 12.0. The summed E-state index contributed by atoms with van der Waals surface area (Å²) in [6.07, 6.45) is 0. The summed E-state index contributed by atoms with van der Waals surface area (Å²) in [5, 5.41) is 16.5. The number of benzene rings is 1. The van der Waals surface area contributed by atoms with Gasteiger partial charge < -0.3 is 8.94 Å². The number of nitro benzene ring substituents is 1. The van der Waals surface area contributed by atoms with Crippen molar-refractivity contribution in [1.82, 2.24) is 14.7 Å². The molecule has 9 nitrogen and oxygen atoms in total. The van der Waals surface area contributed by atoms with Gasteiger partial charge in [0.25, 0.3) is 11.6 Å². The molecule has 24 heavy (non-hydrogen) atoms. The van der Waals surface area contributed by atoms with Crippen LogP contribution in [0.25, 0.3) is 21.9 Å². The number of fused-ring (bicyclic) bond motifs is 1. The SMILES string of the molecule is O=c1oc2cc([N+](=O)[O-])ccc2n1Cc1noc(-c2cccs2)n1. The van der Waals surface area contributed by atoms with Gasteiger partial charge in [-0.25, -0.2) is 4.79 Å². The Bertz CT molecular complexity index is 1090. The largest absolute Gasteiger partial charge is 0.420 e. The molecule has 0 fully saturated rings. The first-order valence-corrected chi connectivity index (χ1v) is 7.64. The normalized spacial score (nSPS) is 11.2. The molecule has 0 amide bonds. The molecule has 0 bridgehead atoms. The third kappa shape index (κ3) is 2.38. The van der Waals surface area contributed by atoms with Gasteiger partial charge in [0.1, 0.15) is 0 Å². The van der Waals surface area contributed by atoms with Crippen LogP contribution in [0.15, 0.2) is 49.4 Å². The number of aromatic nitrogens is 3. The van der Waals surface area contributed by atoms with E-state index in [1.165, 1.54) is 34.1 Å². The van der Waals surface area contributed by atoms with E-state index in [4.69, 9.17) is 8.94 Å². The number of nitro groups is 1. The van der Waals surface area contributed by atoms with Crippen molar-refractivity contribution in [3.05, 3.63) is 62.2 Å². The van der Waals surface area contributed by atoms with Crippen LogP contribution < -0.4 is 5.76 Å². The van der Waals surface area contributed by atoms with Crippen molar-refractivity contribution in [1.29, 1.82) is 0 Å². The second-order valence-corrected chi connectivity index (χ2v) is 5.80. The number of hydrogen-bond donors (Lipinski definition) is 0. The Balaban J connectivity index is 1.71. The molecule has 120 valence electrons. The number of nitrogens with zero attached hydrogens (tertiary/aromatic N) is 4. The summed E-state index contributed by atoms with van der Waals surface area (Å²) < 4.78 is 11.5. The Kier molecular flexibility index (Phi) is 3.24. The van der Waals surface area contributed by atoms with Crippen molar-refractivity contribution >= 4 is 28.1 Å². The third-order valence-corrected chi connectivity index (χ3v) is 4.22. The molecule has 4 rings (SSSR count). The van der Waals surface area contributed by atoms with Gasteiger partial charge in [0.15, 0.2) is 11.4 Å². The first-order valence-electron chi connectivity index (χ1n) is 6.76. The van der Waals surface area contributed by atoms with Crippen LogP contribution in [0.4, 0.5) is 5.69 Å². The van der Waals surface area contributed by atoms with E-state index >= 15 is 0 Å². The molecule has 0 aliphatic heterocycles. The number of rotatable bonds is 4. The number of thiophene rings is 1. The van der Waals surface area contributed by atoms with E-state index in [1.54, 1.807) is 0 Å². The van der Waals surface area contributed by atoms with E-state index in [1.807, 2.05) is 17.5 Å². The molecule has 0 spiro atoms. The number of non-ortho nitro benzene ring substituents is 1. The zero-order valence-electron chi connectivity index (χ0n) is 11.9. The van der Waals surface area contributed by atoms with Crippen molar-refractivity contribution in [2.75, 3.05) is 0 Å². The molecule has 1 aromatic carbocycles. The smallest absolute Gasteiger partial charge is 0.407 e. The zero-order chi connectivity index (χ0) is 16.7. The van der Waals surface area contributed by atoms with Gasteiger partial charge in [0.05, 0.1) is 27.9 Å². The Morgan fingerprint density at radius 3 is 2.96 bits per heavy atom. The minimum atomic E-state index is -0.645. The summed E-state index contributed by atoms with van der Waals surface area (Å²) in [5.74, 6) is 0.0333. The van der Waals surface area contributed by atoms with Gasteiger partial charge in [-0.05, 0) is 17.5 Å².